The third-order valence-electron chi connectivity index (χ3n) is 4.06. The molecule has 0 saturated heterocycles. The Kier molecular flexibility index (Phi) is 4.37. The van der Waals surface area contributed by atoms with Gasteiger partial charge in [0.1, 0.15) is 0 Å². The van der Waals surface area contributed by atoms with Crippen LogP contribution in [0.2, 0.25) is 0 Å². The Bertz CT molecular complexity index is 340. The molecule has 0 aromatic heterocycles. The van der Waals surface area contributed by atoms with Crippen molar-refractivity contribution in [2.75, 3.05) is 13.7 Å². The molecule has 1 aliphatic rings. The van der Waals surface area contributed by atoms with E-state index in [9.17, 15) is 19.8 Å². The van der Waals surface area contributed by atoms with E-state index in [1.807, 2.05) is 6.92 Å². The van der Waals surface area contributed by atoms with Crippen LogP contribution in [0.15, 0.2) is 0 Å². The maximum absolute atomic E-state index is 12.4. The third-order valence-corrected chi connectivity index (χ3v) is 4.06. The van der Waals surface area contributed by atoms with Gasteiger partial charge in [-0.15, -0.1) is 0 Å². The number of hydrogen-bond acceptors (Lipinski definition) is 3. The predicted octanol–water partition coefficient (Wildman–Crippen LogP) is 0.963. The number of aliphatic hydroxyl groups is 1. The first-order valence-electron chi connectivity index (χ1n) is 6.32. The van der Waals surface area contributed by atoms with E-state index >= 15 is 0 Å². The van der Waals surface area contributed by atoms with E-state index in [1.54, 1.807) is 20.9 Å². The van der Waals surface area contributed by atoms with Gasteiger partial charge in [0.15, 0.2) is 0 Å². The van der Waals surface area contributed by atoms with Crippen molar-refractivity contribution in [1.29, 1.82) is 0 Å². The highest BCUT2D eigenvalue weighted by Gasteiger charge is 2.44. The van der Waals surface area contributed by atoms with Crippen molar-refractivity contribution in [2.24, 2.45) is 17.8 Å². The van der Waals surface area contributed by atoms with E-state index in [4.69, 9.17) is 0 Å². The Morgan fingerprint density at radius 1 is 1.28 bits per heavy atom. The minimum Gasteiger partial charge on any atom is -0.481 e. The largest absolute Gasteiger partial charge is 0.481 e. The number of carboxylic acid groups (broad SMARTS) is 1. The van der Waals surface area contributed by atoms with E-state index in [1.165, 1.54) is 4.90 Å². The number of aliphatic hydroxyl groups excluding tert-OH is 1. The number of carbonyl (C=O) groups excluding carboxylic acids is 1. The maximum Gasteiger partial charge on any atom is 0.307 e. The molecule has 1 unspecified atom stereocenters. The smallest absolute Gasteiger partial charge is 0.307 e. The first-order valence-corrected chi connectivity index (χ1v) is 6.32. The second-order valence-corrected chi connectivity index (χ2v) is 6.00. The monoisotopic (exact) mass is 257 g/mol. The molecule has 0 heterocycles. The van der Waals surface area contributed by atoms with Crippen LogP contribution in [0.3, 0.4) is 0 Å². The zero-order valence-electron chi connectivity index (χ0n) is 11.5. The highest BCUT2D eigenvalue weighted by Crippen LogP contribution is 2.38. The minimum atomic E-state index is -0.895. The SMILES string of the molecule is CC1C[C@H](C(=O)N(C)C(C)(C)CO)[C@H](C(=O)O)C1. The predicted molar refractivity (Wildman–Crippen MR) is 66.9 cm³/mol. The van der Waals surface area contributed by atoms with Crippen LogP contribution in [-0.4, -0.2) is 46.2 Å². The van der Waals surface area contributed by atoms with Gasteiger partial charge in [-0.25, -0.2) is 0 Å². The van der Waals surface area contributed by atoms with Crippen molar-refractivity contribution in [3.8, 4) is 0 Å². The van der Waals surface area contributed by atoms with Crippen LogP contribution in [0.4, 0.5) is 0 Å². The lowest BCUT2D eigenvalue weighted by atomic mass is 9.92. The quantitative estimate of drug-likeness (QED) is 0.786. The summed E-state index contributed by atoms with van der Waals surface area (Å²) < 4.78 is 0. The molecule has 5 heteroatoms. The zero-order valence-corrected chi connectivity index (χ0v) is 11.5. The Hall–Kier alpha value is -1.10. The molecule has 1 fully saturated rings. The summed E-state index contributed by atoms with van der Waals surface area (Å²) in [4.78, 5) is 25.0. The van der Waals surface area contributed by atoms with Gasteiger partial charge in [-0.1, -0.05) is 6.92 Å². The van der Waals surface area contributed by atoms with Crippen LogP contribution in [-0.2, 0) is 9.59 Å². The summed E-state index contributed by atoms with van der Waals surface area (Å²) in [6.07, 6.45) is 1.17. The summed E-state index contributed by atoms with van der Waals surface area (Å²) >= 11 is 0. The Balaban J connectivity index is 2.86. The van der Waals surface area contributed by atoms with Crippen molar-refractivity contribution >= 4 is 11.9 Å². The zero-order chi connectivity index (χ0) is 14.1. The summed E-state index contributed by atoms with van der Waals surface area (Å²) in [6, 6.07) is 0. The van der Waals surface area contributed by atoms with Gasteiger partial charge >= 0.3 is 5.97 Å². The molecule has 0 radical (unpaired) electrons. The van der Waals surface area contributed by atoms with E-state index in [-0.39, 0.29) is 18.4 Å². The molecule has 0 spiro atoms. The molecular weight excluding hydrogens is 234 g/mol. The van der Waals surface area contributed by atoms with Crippen molar-refractivity contribution in [1.82, 2.24) is 4.90 Å². The molecule has 0 aliphatic heterocycles. The van der Waals surface area contributed by atoms with Crippen LogP contribution in [0.25, 0.3) is 0 Å². The van der Waals surface area contributed by atoms with Crippen molar-refractivity contribution in [2.45, 2.75) is 39.2 Å². The van der Waals surface area contributed by atoms with Gasteiger partial charge in [-0.3, -0.25) is 9.59 Å². The summed E-state index contributed by atoms with van der Waals surface area (Å²) in [5.41, 5.74) is -0.661. The second kappa shape index (κ2) is 5.26. The van der Waals surface area contributed by atoms with Crippen LogP contribution in [0.1, 0.15) is 33.6 Å². The normalized spacial score (nSPS) is 28.2. The topological polar surface area (TPSA) is 77.8 Å². The fraction of sp³-hybridized carbons (Fsp3) is 0.846. The lowest BCUT2D eigenvalue weighted by molar-refractivity contribution is -0.151. The molecule has 0 bridgehead atoms. The number of aliphatic carboxylic acids is 1. The van der Waals surface area contributed by atoms with E-state index < -0.39 is 23.3 Å². The molecule has 2 N–H and O–H groups in total. The van der Waals surface area contributed by atoms with Crippen LogP contribution >= 0.6 is 0 Å². The fourth-order valence-corrected chi connectivity index (χ4v) is 2.49. The Morgan fingerprint density at radius 3 is 2.22 bits per heavy atom. The van der Waals surface area contributed by atoms with Gasteiger partial charge in [-0.2, -0.15) is 0 Å². The summed E-state index contributed by atoms with van der Waals surface area (Å²) in [5, 5.41) is 18.4. The molecule has 5 nitrogen and oxygen atoms in total. The van der Waals surface area contributed by atoms with Gasteiger partial charge in [-0.05, 0) is 32.6 Å². The number of rotatable bonds is 4. The van der Waals surface area contributed by atoms with Crippen LogP contribution in [0, 0.1) is 17.8 Å². The summed E-state index contributed by atoms with van der Waals surface area (Å²) in [6.45, 7) is 5.35. The first-order chi connectivity index (χ1) is 8.20. The number of amides is 1. The third kappa shape index (κ3) is 2.83. The van der Waals surface area contributed by atoms with Crippen LogP contribution in [0.5, 0.6) is 0 Å². The van der Waals surface area contributed by atoms with Crippen molar-refractivity contribution < 1.29 is 19.8 Å². The fourth-order valence-electron chi connectivity index (χ4n) is 2.49. The first kappa shape index (κ1) is 15.0. The highest BCUT2D eigenvalue weighted by atomic mass is 16.4. The average molecular weight is 257 g/mol. The molecule has 104 valence electrons. The molecule has 1 aliphatic carbocycles. The molecule has 1 rings (SSSR count). The van der Waals surface area contributed by atoms with Crippen molar-refractivity contribution in [3.05, 3.63) is 0 Å². The minimum absolute atomic E-state index is 0.144. The lowest BCUT2D eigenvalue weighted by Crippen LogP contribution is -2.50. The average Bonchev–Trinajstić information content (AvgIpc) is 2.69. The maximum atomic E-state index is 12.4. The summed E-state index contributed by atoms with van der Waals surface area (Å²) in [7, 11) is 1.63. The van der Waals surface area contributed by atoms with Gasteiger partial charge in [0.2, 0.25) is 5.91 Å². The van der Waals surface area contributed by atoms with Crippen LogP contribution < -0.4 is 0 Å². The molecule has 1 saturated carbocycles. The Morgan fingerprint density at radius 2 is 1.78 bits per heavy atom. The van der Waals surface area contributed by atoms with Gasteiger partial charge in [0, 0.05) is 7.05 Å². The number of carboxylic acids is 1. The number of likely N-dealkylation sites (N-methyl/N-ethyl adjacent to an activating group) is 1. The lowest BCUT2D eigenvalue weighted by Gasteiger charge is -2.36. The molecule has 3 atom stereocenters. The standard InChI is InChI=1S/C13H23NO4/c1-8-5-9(10(6-8)12(17)18)11(16)14(4)13(2,3)7-15/h8-10,15H,5-7H2,1-4H3,(H,17,18)/t8?,9-,10+/m0/s1. The van der Waals surface area contributed by atoms with E-state index in [0.717, 1.165) is 0 Å². The number of carbonyl (C=O) groups is 2. The molecule has 1 amide bonds. The van der Waals surface area contributed by atoms with E-state index in [0.29, 0.717) is 12.8 Å². The number of hydrogen-bond donors (Lipinski definition) is 2. The van der Waals surface area contributed by atoms with Gasteiger partial charge < -0.3 is 15.1 Å². The molecule has 18 heavy (non-hydrogen) atoms. The second-order valence-electron chi connectivity index (χ2n) is 6.00. The van der Waals surface area contributed by atoms with Gasteiger partial charge in [0.25, 0.3) is 0 Å². The molecular formula is C13H23NO4. The van der Waals surface area contributed by atoms with Crippen molar-refractivity contribution in [3.63, 3.8) is 0 Å². The molecule has 0 aromatic carbocycles. The Labute approximate surface area is 108 Å². The van der Waals surface area contributed by atoms with E-state index in [2.05, 4.69) is 0 Å². The van der Waals surface area contributed by atoms with Gasteiger partial charge in [0.05, 0.1) is 24.0 Å². The summed E-state index contributed by atoms with van der Waals surface area (Å²) in [5.74, 6) is -1.87. The highest BCUT2D eigenvalue weighted by molar-refractivity contribution is 5.85. The molecule has 0 aromatic rings. The number of nitrogens with zero attached hydrogens (tertiary/aromatic N) is 1.